The number of hydrogen-bond acceptors (Lipinski definition) is 7. The molecule has 0 aliphatic carbocycles. The molecular formula is C26H25N3O4S2. The van der Waals surface area contributed by atoms with Gasteiger partial charge in [0.05, 0.1) is 29.2 Å². The Morgan fingerprint density at radius 3 is 2.40 bits per heavy atom. The molecule has 0 bridgehead atoms. The third-order valence-corrected chi connectivity index (χ3v) is 7.09. The first-order chi connectivity index (χ1) is 16.9. The number of nitrogens with one attached hydrogen (secondary N) is 2. The molecule has 0 spiro atoms. The summed E-state index contributed by atoms with van der Waals surface area (Å²) in [5.74, 6) is 1.15. The molecule has 1 atom stereocenters. The molecule has 2 amide bonds. The fourth-order valence-corrected chi connectivity index (χ4v) is 5.01. The number of methoxy groups -OCH3 is 1. The molecule has 7 nitrogen and oxygen atoms in total. The number of carbonyl (C=O) groups is 2. The molecule has 0 fully saturated rings. The second kappa shape index (κ2) is 11.2. The zero-order valence-electron chi connectivity index (χ0n) is 19.5. The van der Waals surface area contributed by atoms with Gasteiger partial charge in [0.15, 0.2) is 5.13 Å². The quantitative estimate of drug-likeness (QED) is 0.267. The topological polar surface area (TPSA) is 89.5 Å². The highest BCUT2D eigenvalue weighted by atomic mass is 32.2. The fourth-order valence-electron chi connectivity index (χ4n) is 3.24. The molecule has 1 aromatic heterocycles. The van der Waals surface area contributed by atoms with Crippen molar-refractivity contribution in [3.8, 4) is 11.5 Å². The molecular weight excluding hydrogens is 482 g/mol. The Morgan fingerprint density at radius 1 is 1.00 bits per heavy atom. The minimum atomic E-state index is -0.333. The molecule has 4 rings (SSSR count). The van der Waals surface area contributed by atoms with Crippen LogP contribution in [0.15, 0.2) is 71.6 Å². The Kier molecular flexibility index (Phi) is 7.89. The first kappa shape index (κ1) is 24.6. The second-order valence-corrected chi connectivity index (χ2v) is 9.98. The molecule has 180 valence electrons. The van der Waals surface area contributed by atoms with Gasteiger partial charge in [0.2, 0.25) is 5.91 Å². The van der Waals surface area contributed by atoms with Gasteiger partial charge in [-0.15, -0.1) is 11.8 Å². The van der Waals surface area contributed by atoms with E-state index >= 15 is 0 Å². The molecule has 1 unspecified atom stereocenters. The summed E-state index contributed by atoms with van der Waals surface area (Å²) in [7, 11) is 1.58. The number of anilines is 2. The SMILES string of the molecule is CCOc1ccc2nc(NC(=O)C(C)Sc3ccc(NC(=O)c4ccc(OC)cc4)cc3)sc2c1. The average molecular weight is 508 g/mol. The van der Waals surface area contributed by atoms with Crippen LogP contribution >= 0.6 is 23.1 Å². The Labute approximate surface area is 211 Å². The van der Waals surface area contributed by atoms with Gasteiger partial charge in [-0.05, 0) is 80.6 Å². The lowest BCUT2D eigenvalue weighted by Crippen LogP contribution is -2.22. The van der Waals surface area contributed by atoms with Crippen molar-refractivity contribution in [2.75, 3.05) is 24.4 Å². The summed E-state index contributed by atoms with van der Waals surface area (Å²) >= 11 is 2.85. The number of benzene rings is 3. The molecule has 0 aliphatic heterocycles. The van der Waals surface area contributed by atoms with Crippen LogP contribution in [0.5, 0.6) is 11.5 Å². The normalized spacial score (nSPS) is 11.6. The first-order valence-corrected chi connectivity index (χ1v) is 12.7. The summed E-state index contributed by atoms with van der Waals surface area (Å²) in [6, 6.07) is 20.0. The number of hydrogen-bond donors (Lipinski definition) is 2. The Balaban J connectivity index is 1.32. The van der Waals surface area contributed by atoms with Gasteiger partial charge < -0.3 is 20.1 Å². The Hall–Kier alpha value is -3.56. The van der Waals surface area contributed by atoms with E-state index in [1.54, 1.807) is 31.4 Å². The largest absolute Gasteiger partial charge is 0.497 e. The molecule has 1 heterocycles. The molecule has 35 heavy (non-hydrogen) atoms. The fraction of sp³-hybridized carbons (Fsp3) is 0.192. The summed E-state index contributed by atoms with van der Waals surface area (Å²) in [5, 5.41) is 6.00. The lowest BCUT2D eigenvalue weighted by atomic mass is 10.2. The van der Waals surface area contributed by atoms with Crippen molar-refractivity contribution in [1.82, 2.24) is 4.98 Å². The molecule has 0 saturated carbocycles. The number of aromatic nitrogens is 1. The predicted molar refractivity (Wildman–Crippen MR) is 142 cm³/mol. The van der Waals surface area contributed by atoms with Crippen LogP contribution in [0, 0.1) is 0 Å². The van der Waals surface area contributed by atoms with E-state index in [0.717, 1.165) is 20.9 Å². The number of thiazole rings is 1. The number of fused-ring (bicyclic) bond motifs is 1. The van der Waals surface area contributed by atoms with Crippen LogP contribution in [0.2, 0.25) is 0 Å². The summed E-state index contributed by atoms with van der Waals surface area (Å²) in [5.41, 5.74) is 2.04. The average Bonchev–Trinajstić information content (AvgIpc) is 3.27. The van der Waals surface area contributed by atoms with Crippen LogP contribution < -0.4 is 20.1 Å². The molecule has 0 radical (unpaired) electrons. The lowest BCUT2D eigenvalue weighted by molar-refractivity contribution is -0.115. The first-order valence-electron chi connectivity index (χ1n) is 11.0. The van der Waals surface area contributed by atoms with Crippen LogP contribution in [-0.4, -0.2) is 35.8 Å². The number of rotatable bonds is 9. The highest BCUT2D eigenvalue weighted by Crippen LogP contribution is 2.31. The molecule has 3 aromatic carbocycles. The van der Waals surface area contributed by atoms with Crippen LogP contribution in [0.25, 0.3) is 10.2 Å². The van der Waals surface area contributed by atoms with E-state index in [4.69, 9.17) is 9.47 Å². The third kappa shape index (κ3) is 6.32. The Bertz CT molecular complexity index is 1320. The van der Waals surface area contributed by atoms with Crippen molar-refractivity contribution < 1.29 is 19.1 Å². The molecule has 0 saturated heterocycles. The summed E-state index contributed by atoms with van der Waals surface area (Å²) in [4.78, 5) is 30.6. The van der Waals surface area contributed by atoms with Crippen molar-refractivity contribution in [3.63, 3.8) is 0 Å². The van der Waals surface area contributed by atoms with Gasteiger partial charge in [-0.25, -0.2) is 4.98 Å². The van der Waals surface area contributed by atoms with Gasteiger partial charge in [0, 0.05) is 16.1 Å². The van der Waals surface area contributed by atoms with Crippen LogP contribution in [0.4, 0.5) is 10.8 Å². The molecule has 0 aliphatic rings. The van der Waals surface area contributed by atoms with Crippen molar-refractivity contribution >= 4 is 55.9 Å². The van der Waals surface area contributed by atoms with Gasteiger partial charge in [-0.3, -0.25) is 9.59 Å². The maximum absolute atomic E-state index is 12.7. The smallest absolute Gasteiger partial charge is 0.255 e. The van der Waals surface area contributed by atoms with Gasteiger partial charge in [-0.1, -0.05) is 11.3 Å². The van der Waals surface area contributed by atoms with E-state index in [1.165, 1.54) is 23.1 Å². The van der Waals surface area contributed by atoms with Crippen molar-refractivity contribution in [3.05, 3.63) is 72.3 Å². The van der Waals surface area contributed by atoms with E-state index < -0.39 is 0 Å². The summed E-state index contributed by atoms with van der Waals surface area (Å²) in [6.07, 6.45) is 0. The highest BCUT2D eigenvalue weighted by molar-refractivity contribution is 8.00. The standard InChI is InChI=1S/C26H25N3O4S2/c1-4-33-20-11-14-22-23(15-20)35-26(28-22)29-24(30)16(2)34-21-12-7-18(8-13-21)27-25(31)17-5-9-19(32-3)10-6-17/h5-16H,4H2,1-3H3,(H,27,31)(H,28,29,30). The zero-order valence-corrected chi connectivity index (χ0v) is 21.2. The maximum atomic E-state index is 12.7. The predicted octanol–water partition coefficient (Wildman–Crippen LogP) is 6.08. The molecule has 4 aromatic rings. The zero-order chi connectivity index (χ0) is 24.8. The van der Waals surface area contributed by atoms with E-state index in [0.29, 0.717) is 28.7 Å². The van der Waals surface area contributed by atoms with E-state index in [-0.39, 0.29) is 17.1 Å². The minimum absolute atomic E-state index is 0.129. The summed E-state index contributed by atoms with van der Waals surface area (Å²) < 4.78 is 11.6. The van der Waals surface area contributed by atoms with Gasteiger partial charge in [0.25, 0.3) is 5.91 Å². The monoisotopic (exact) mass is 507 g/mol. The van der Waals surface area contributed by atoms with Crippen LogP contribution in [0.3, 0.4) is 0 Å². The van der Waals surface area contributed by atoms with Crippen molar-refractivity contribution in [2.24, 2.45) is 0 Å². The lowest BCUT2D eigenvalue weighted by Gasteiger charge is -2.11. The van der Waals surface area contributed by atoms with Gasteiger partial charge in [0.1, 0.15) is 11.5 Å². The van der Waals surface area contributed by atoms with E-state index in [2.05, 4.69) is 15.6 Å². The second-order valence-electron chi connectivity index (χ2n) is 7.54. The number of nitrogens with zero attached hydrogens (tertiary/aromatic N) is 1. The van der Waals surface area contributed by atoms with Crippen molar-refractivity contribution in [2.45, 2.75) is 24.0 Å². The summed E-state index contributed by atoms with van der Waals surface area (Å²) in [6.45, 7) is 4.38. The molecule has 9 heteroatoms. The van der Waals surface area contributed by atoms with Crippen LogP contribution in [0.1, 0.15) is 24.2 Å². The maximum Gasteiger partial charge on any atom is 0.255 e. The number of ether oxygens (including phenoxy) is 2. The number of thioether (sulfide) groups is 1. The van der Waals surface area contributed by atoms with Crippen molar-refractivity contribution in [1.29, 1.82) is 0 Å². The van der Waals surface area contributed by atoms with Gasteiger partial charge >= 0.3 is 0 Å². The third-order valence-electron chi connectivity index (χ3n) is 5.05. The van der Waals surface area contributed by atoms with Crippen LogP contribution in [-0.2, 0) is 4.79 Å². The highest BCUT2D eigenvalue weighted by Gasteiger charge is 2.17. The van der Waals surface area contributed by atoms with E-state index in [9.17, 15) is 9.59 Å². The van der Waals surface area contributed by atoms with E-state index in [1.807, 2.05) is 56.3 Å². The number of amides is 2. The number of carbonyl (C=O) groups excluding carboxylic acids is 2. The van der Waals surface area contributed by atoms with Gasteiger partial charge in [-0.2, -0.15) is 0 Å². The minimum Gasteiger partial charge on any atom is -0.497 e. The Morgan fingerprint density at radius 2 is 1.71 bits per heavy atom. The molecule has 2 N–H and O–H groups in total.